The first kappa shape index (κ1) is 32.5. The Bertz CT molecular complexity index is 1590. The minimum atomic E-state index is -1.07. The highest BCUT2D eigenvalue weighted by molar-refractivity contribution is 7.20. The van der Waals surface area contributed by atoms with E-state index in [1.807, 2.05) is 0 Å². The second-order valence-corrected chi connectivity index (χ2v) is 11.7. The number of amides is 1. The van der Waals surface area contributed by atoms with Crippen LogP contribution in [-0.4, -0.2) is 66.2 Å². The van der Waals surface area contributed by atoms with Gasteiger partial charge in [-0.25, -0.2) is 4.39 Å². The molecule has 44 heavy (non-hydrogen) atoms. The number of hydrogen-bond donors (Lipinski definition) is 2. The smallest absolute Gasteiger partial charge is 0.306 e. The van der Waals surface area contributed by atoms with Crippen LogP contribution in [0.2, 0.25) is 0 Å². The van der Waals surface area contributed by atoms with Crippen molar-refractivity contribution in [2.24, 2.45) is 11.8 Å². The van der Waals surface area contributed by atoms with E-state index in [0.29, 0.717) is 33.9 Å². The zero-order chi connectivity index (χ0) is 32.1. The summed E-state index contributed by atoms with van der Waals surface area (Å²) < 4.78 is 38.6. The fourth-order valence-electron chi connectivity index (χ4n) is 4.76. The maximum atomic E-state index is 15.3. The highest BCUT2D eigenvalue weighted by Crippen LogP contribution is 2.40. The predicted molar refractivity (Wildman–Crippen MR) is 158 cm³/mol. The summed E-state index contributed by atoms with van der Waals surface area (Å²) in [6.07, 6.45) is 0.145. The molecule has 4 rings (SSSR count). The molecule has 2 aromatic carbocycles. The van der Waals surface area contributed by atoms with Crippen LogP contribution in [0, 0.1) is 17.7 Å². The maximum Gasteiger partial charge on any atom is 0.306 e. The molecule has 0 radical (unpaired) electrons. The molecule has 3 aromatic rings. The van der Waals surface area contributed by atoms with Gasteiger partial charge in [-0.1, -0.05) is 13.8 Å². The van der Waals surface area contributed by atoms with Crippen molar-refractivity contribution in [3.63, 3.8) is 0 Å². The molecule has 13 heteroatoms. The van der Waals surface area contributed by atoms with E-state index in [2.05, 4.69) is 0 Å². The maximum absolute atomic E-state index is 15.3. The molecule has 236 valence electrons. The number of hydrogen-bond acceptors (Lipinski definition) is 9. The molecule has 0 saturated heterocycles. The van der Waals surface area contributed by atoms with Crippen LogP contribution in [-0.2, 0) is 27.5 Å². The summed E-state index contributed by atoms with van der Waals surface area (Å²) in [5.41, 5.74) is 0.876. The van der Waals surface area contributed by atoms with Crippen molar-refractivity contribution in [3.05, 3.63) is 46.1 Å². The normalized spacial score (nSPS) is 13.7. The number of Topliss-reactive ketones (excluding diaryl/α,β-unsaturated/α-hetero) is 1. The molecular weight excluding hydrogens is 597 g/mol. The molecule has 2 N–H and O–H groups in total. The zero-order valence-corrected chi connectivity index (χ0v) is 25.6. The second kappa shape index (κ2) is 13.9. The number of fused-ring (bicyclic) bond motifs is 2. The van der Waals surface area contributed by atoms with Crippen molar-refractivity contribution in [3.8, 4) is 23.0 Å². The Balaban J connectivity index is 1.37. The number of carbonyl (C=O) groups excluding carboxylic acids is 2. The number of ether oxygens (including phenoxy) is 4. The van der Waals surface area contributed by atoms with Crippen molar-refractivity contribution in [1.82, 2.24) is 4.90 Å². The van der Waals surface area contributed by atoms with Crippen molar-refractivity contribution in [1.29, 1.82) is 0 Å². The monoisotopic (exact) mass is 631 g/mol. The zero-order valence-electron chi connectivity index (χ0n) is 24.8. The number of carbonyl (C=O) groups is 4. The van der Waals surface area contributed by atoms with Gasteiger partial charge in [0.25, 0.3) is 0 Å². The molecule has 2 atom stereocenters. The summed E-state index contributed by atoms with van der Waals surface area (Å²) in [6.45, 7) is 3.49. The first-order chi connectivity index (χ1) is 20.9. The standard InChI is InChI=1S/C31H34FNO10S/c1-16(30(36)37)8-21(34)26-12-18-10-23(22(40-3)13-25(18)44-26)42-6-5-7-43-24-11-19-14-33(27(35)9-17(2)31(38)39)15-20(19)28(32)29(24)41-4/h10-13,16-17H,5-9,14-15H2,1-4H3,(H,36,37)(H,38,39). The van der Waals surface area contributed by atoms with E-state index in [9.17, 15) is 19.2 Å². The van der Waals surface area contributed by atoms with E-state index < -0.39 is 29.6 Å². The summed E-state index contributed by atoms with van der Waals surface area (Å²) in [7, 11) is 2.83. The molecular formula is C31H34FNO10S. The summed E-state index contributed by atoms with van der Waals surface area (Å²) in [5.74, 6) is -3.94. The van der Waals surface area contributed by atoms with E-state index in [0.717, 1.165) is 10.1 Å². The lowest BCUT2D eigenvalue weighted by atomic mass is 10.0. The number of rotatable bonds is 15. The fourth-order valence-corrected chi connectivity index (χ4v) is 5.78. The van der Waals surface area contributed by atoms with Gasteiger partial charge in [0.2, 0.25) is 5.91 Å². The third-order valence-electron chi connectivity index (χ3n) is 7.34. The molecule has 1 aliphatic rings. The van der Waals surface area contributed by atoms with Crippen LogP contribution in [0.25, 0.3) is 10.1 Å². The number of carboxylic acids is 2. The Morgan fingerprint density at radius 3 is 2.18 bits per heavy atom. The quantitative estimate of drug-likeness (QED) is 0.170. The van der Waals surface area contributed by atoms with E-state index in [-0.39, 0.29) is 62.3 Å². The molecule has 0 aliphatic carbocycles. The summed E-state index contributed by atoms with van der Waals surface area (Å²) >= 11 is 1.26. The van der Waals surface area contributed by atoms with Gasteiger partial charge in [0.05, 0.1) is 44.1 Å². The molecule has 0 fully saturated rings. The average molecular weight is 632 g/mol. The number of ketones is 1. The van der Waals surface area contributed by atoms with Crippen LogP contribution in [0.3, 0.4) is 0 Å². The SMILES string of the molecule is COc1cc2sc(C(=O)CC(C)C(=O)O)cc2cc1OCCCOc1cc2c(c(F)c1OC)CN(C(=O)CC(C)C(=O)O)C2. The Kier molecular flexibility index (Phi) is 10.3. The van der Waals surface area contributed by atoms with Crippen LogP contribution in [0.4, 0.5) is 4.39 Å². The minimum Gasteiger partial charge on any atom is -0.493 e. The summed E-state index contributed by atoms with van der Waals surface area (Å²) in [4.78, 5) is 49.3. The van der Waals surface area contributed by atoms with E-state index in [4.69, 9.17) is 29.2 Å². The Morgan fingerprint density at radius 2 is 1.55 bits per heavy atom. The van der Waals surface area contributed by atoms with Gasteiger partial charge < -0.3 is 34.1 Å². The van der Waals surface area contributed by atoms with E-state index in [1.165, 1.54) is 44.3 Å². The Morgan fingerprint density at radius 1 is 0.886 bits per heavy atom. The van der Waals surface area contributed by atoms with Crippen molar-refractivity contribution in [2.75, 3.05) is 27.4 Å². The van der Waals surface area contributed by atoms with E-state index >= 15 is 4.39 Å². The van der Waals surface area contributed by atoms with Crippen LogP contribution < -0.4 is 18.9 Å². The average Bonchev–Trinajstić information content (AvgIpc) is 3.61. The summed E-state index contributed by atoms with van der Waals surface area (Å²) in [6, 6.07) is 6.86. The van der Waals surface area contributed by atoms with Gasteiger partial charge in [-0.05, 0) is 29.1 Å². The van der Waals surface area contributed by atoms with Crippen LogP contribution in [0.5, 0.6) is 23.0 Å². The molecule has 11 nitrogen and oxygen atoms in total. The van der Waals surface area contributed by atoms with Gasteiger partial charge in [0, 0.05) is 48.7 Å². The van der Waals surface area contributed by atoms with Crippen LogP contribution >= 0.6 is 11.3 Å². The Hall–Kier alpha value is -4.39. The van der Waals surface area contributed by atoms with Gasteiger partial charge in [0.15, 0.2) is 34.6 Å². The molecule has 0 saturated carbocycles. The first-order valence-corrected chi connectivity index (χ1v) is 14.8. The summed E-state index contributed by atoms with van der Waals surface area (Å²) in [5, 5.41) is 19.0. The predicted octanol–water partition coefficient (Wildman–Crippen LogP) is 5.15. The number of aliphatic carboxylic acids is 2. The largest absolute Gasteiger partial charge is 0.493 e. The van der Waals surface area contributed by atoms with Crippen LogP contribution in [0.15, 0.2) is 24.3 Å². The van der Waals surface area contributed by atoms with Crippen LogP contribution in [0.1, 0.15) is 53.9 Å². The molecule has 0 bridgehead atoms. The molecule has 2 unspecified atom stereocenters. The van der Waals surface area contributed by atoms with Gasteiger partial charge in [-0.3, -0.25) is 19.2 Å². The van der Waals surface area contributed by atoms with Gasteiger partial charge >= 0.3 is 11.9 Å². The topological polar surface area (TPSA) is 149 Å². The second-order valence-electron chi connectivity index (χ2n) is 10.6. The van der Waals surface area contributed by atoms with Gasteiger partial charge in [-0.2, -0.15) is 0 Å². The third-order valence-corrected chi connectivity index (χ3v) is 8.48. The first-order valence-electron chi connectivity index (χ1n) is 13.9. The number of methoxy groups -OCH3 is 2. The highest BCUT2D eigenvalue weighted by atomic mass is 32.1. The molecule has 2 heterocycles. The van der Waals surface area contributed by atoms with Gasteiger partial charge in [-0.15, -0.1) is 11.3 Å². The molecule has 1 amide bonds. The number of halogens is 1. The number of thiophene rings is 1. The number of benzene rings is 2. The lowest BCUT2D eigenvalue weighted by Crippen LogP contribution is -2.28. The van der Waals surface area contributed by atoms with Crippen molar-refractivity contribution < 1.29 is 52.7 Å². The number of nitrogens with zero attached hydrogens (tertiary/aromatic N) is 1. The molecule has 0 spiro atoms. The lowest BCUT2D eigenvalue weighted by Gasteiger charge is -2.16. The molecule has 1 aromatic heterocycles. The van der Waals surface area contributed by atoms with E-state index in [1.54, 1.807) is 24.3 Å². The van der Waals surface area contributed by atoms with Crippen molar-refractivity contribution in [2.45, 2.75) is 46.2 Å². The lowest BCUT2D eigenvalue weighted by molar-refractivity contribution is -0.145. The fraction of sp³-hybridized carbons (Fsp3) is 0.419. The third kappa shape index (κ3) is 7.21. The van der Waals surface area contributed by atoms with Gasteiger partial charge in [0.1, 0.15) is 0 Å². The number of carboxylic acid groups (broad SMARTS) is 2. The Labute approximate surface area is 257 Å². The highest BCUT2D eigenvalue weighted by Gasteiger charge is 2.31. The van der Waals surface area contributed by atoms with Crippen molar-refractivity contribution >= 4 is 45.1 Å². The minimum absolute atomic E-state index is 0.0181. The molecule has 1 aliphatic heterocycles.